The summed E-state index contributed by atoms with van der Waals surface area (Å²) in [5, 5.41) is 5.24. The molecule has 0 radical (unpaired) electrons. The minimum absolute atomic E-state index is 0.213. The van der Waals surface area contributed by atoms with Gasteiger partial charge in [0.05, 0.1) is 40.5 Å². The van der Waals surface area contributed by atoms with E-state index in [2.05, 4.69) is 15.4 Å². The average molecular weight is 416 g/mol. The number of carbonyl (C=O) groups excluding carboxylic acids is 3. The number of esters is 1. The maximum absolute atomic E-state index is 12.4. The zero-order valence-corrected chi connectivity index (χ0v) is 17.2. The number of rotatable bonds is 9. The third-order valence-corrected chi connectivity index (χ3v) is 4.20. The SMILES string of the molecule is COC(=O)c1ccc(CNC(=O)CNC(=O)c2cc(OC)c(OC)c(OC)c2)cc1. The molecule has 9 nitrogen and oxygen atoms in total. The first-order chi connectivity index (χ1) is 14.4. The van der Waals surface area contributed by atoms with E-state index >= 15 is 0 Å². The maximum atomic E-state index is 12.4. The normalized spacial score (nSPS) is 10.0. The minimum Gasteiger partial charge on any atom is -0.493 e. The highest BCUT2D eigenvalue weighted by molar-refractivity contribution is 5.97. The van der Waals surface area contributed by atoms with E-state index in [9.17, 15) is 14.4 Å². The molecule has 0 bridgehead atoms. The van der Waals surface area contributed by atoms with E-state index in [4.69, 9.17) is 14.2 Å². The Hall–Kier alpha value is -3.75. The lowest BCUT2D eigenvalue weighted by atomic mass is 10.1. The van der Waals surface area contributed by atoms with Gasteiger partial charge in [0.15, 0.2) is 11.5 Å². The molecular weight excluding hydrogens is 392 g/mol. The fraction of sp³-hybridized carbons (Fsp3) is 0.286. The van der Waals surface area contributed by atoms with Crippen molar-refractivity contribution in [3.05, 3.63) is 53.1 Å². The van der Waals surface area contributed by atoms with Crippen LogP contribution in [0.15, 0.2) is 36.4 Å². The van der Waals surface area contributed by atoms with Gasteiger partial charge in [-0.05, 0) is 29.8 Å². The highest BCUT2D eigenvalue weighted by Crippen LogP contribution is 2.38. The molecule has 9 heteroatoms. The Balaban J connectivity index is 1.91. The summed E-state index contributed by atoms with van der Waals surface area (Å²) in [4.78, 5) is 35.9. The second-order valence-electron chi connectivity index (χ2n) is 6.06. The molecule has 0 heterocycles. The molecule has 0 saturated heterocycles. The summed E-state index contributed by atoms with van der Waals surface area (Å²) < 4.78 is 20.3. The van der Waals surface area contributed by atoms with E-state index < -0.39 is 11.9 Å². The van der Waals surface area contributed by atoms with Crippen LogP contribution in [0.25, 0.3) is 0 Å². The Bertz CT molecular complexity index is 885. The highest BCUT2D eigenvalue weighted by atomic mass is 16.5. The van der Waals surface area contributed by atoms with Crippen molar-refractivity contribution in [2.75, 3.05) is 35.0 Å². The van der Waals surface area contributed by atoms with E-state index in [0.717, 1.165) is 5.56 Å². The van der Waals surface area contributed by atoms with Crippen molar-refractivity contribution in [1.29, 1.82) is 0 Å². The second kappa shape index (κ2) is 10.7. The van der Waals surface area contributed by atoms with Crippen LogP contribution in [0.3, 0.4) is 0 Å². The lowest BCUT2D eigenvalue weighted by Crippen LogP contribution is -2.36. The number of amides is 2. The molecule has 2 rings (SSSR count). The summed E-state index contributed by atoms with van der Waals surface area (Å²) in [5.41, 5.74) is 1.48. The first-order valence-electron chi connectivity index (χ1n) is 8.95. The number of nitrogens with one attached hydrogen (secondary N) is 2. The van der Waals surface area contributed by atoms with Gasteiger partial charge in [0.25, 0.3) is 5.91 Å². The van der Waals surface area contributed by atoms with E-state index in [1.54, 1.807) is 24.3 Å². The first-order valence-corrected chi connectivity index (χ1v) is 8.95. The summed E-state index contributed by atoms with van der Waals surface area (Å²) in [6.45, 7) is 0.0378. The summed E-state index contributed by atoms with van der Waals surface area (Å²) >= 11 is 0. The van der Waals surface area contributed by atoms with Crippen molar-refractivity contribution in [3.63, 3.8) is 0 Å². The van der Waals surface area contributed by atoms with Crippen LogP contribution in [0.2, 0.25) is 0 Å². The molecule has 0 spiro atoms. The number of ether oxygens (including phenoxy) is 4. The number of hydrogen-bond acceptors (Lipinski definition) is 7. The van der Waals surface area contributed by atoms with Gasteiger partial charge in [-0.2, -0.15) is 0 Å². The summed E-state index contributed by atoms with van der Waals surface area (Å²) in [7, 11) is 5.67. The molecule has 2 aromatic carbocycles. The van der Waals surface area contributed by atoms with Crippen molar-refractivity contribution in [2.24, 2.45) is 0 Å². The molecular formula is C21H24N2O7. The number of carbonyl (C=O) groups is 3. The van der Waals surface area contributed by atoms with Gasteiger partial charge in [-0.25, -0.2) is 4.79 Å². The molecule has 0 aliphatic carbocycles. The molecule has 0 aromatic heterocycles. The Labute approximate surface area is 174 Å². The third kappa shape index (κ3) is 5.63. The quantitative estimate of drug-likeness (QED) is 0.597. The summed E-state index contributed by atoms with van der Waals surface area (Å²) in [5.74, 6) is -0.226. The average Bonchev–Trinajstić information content (AvgIpc) is 2.79. The van der Waals surface area contributed by atoms with Gasteiger partial charge in [0.2, 0.25) is 11.7 Å². The lowest BCUT2D eigenvalue weighted by Gasteiger charge is -2.14. The monoisotopic (exact) mass is 416 g/mol. The predicted molar refractivity (Wildman–Crippen MR) is 108 cm³/mol. The highest BCUT2D eigenvalue weighted by Gasteiger charge is 2.17. The number of hydrogen-bond donors (Lipinski definition) is 2. The Morgan fingerprint density at radius 2 is 1.40 bits per heavy atom. The lowest BCUT2D eigenvalue weighted by molar-refractivity contribution is -0.120. The standard InChI is InChI=1S/C21H24N2O7/c1-27-16-9-15(10-17(28-2)19(16)29-3)20(25)23-12-18(24)22-11-13-5-7-14(8-6-13)21(26)30-4/h5-10H,11-12H2,1-4H3,(H,22,24)(H,23,25). The van der Waals surface area contributed by atoms with E-state index in [-0.39, 0.29) is 24.6 Å². The van der Waals surface area contributed by atoms with E-state index in [0.29, 0.717) is 22.8 Å². The molecule has 0 unspecified atom stereocenters. The molecule has 0 fully saturated rings. The van der Waals surface area contributed by atoms with Crippen molar-refractivity contribution in [2.45, 2.75) is 6.54 Å². The van der Waals surface area contributed by atoms with Gasteiger partial charge in [-0.15, -0.1) is 0 Å². The van der Waals surface area contributed by atoms with Gasteiger partial charge >= 0.3 is 5.97 Å². The molecule has 2 aromatic rings. The molecule has 0 saturated carbocycles. The van der Waals surface area contributed by atoms with Crippen LogP contribution >= 0.6 is 0 Å². The van der Waals surface area contributed by atoms with Crippen molar-refractivity contribution in [3.8, 4) is 17.2 Å². The topological polar surface area (TPSA) is 112 Å². The molecule has 160 valence electrons. The van der Waals surface area contributed by atoms with Crippen LogP contribution in [0.1, 0.15) is 26.3 Å². The molecule has 2 amide bonds. The zero-order chi connectivity index (χ0) is 22.1. The first kappa shape index (κ1) is 22.5. The van der Waals surface area contributed by atoms with Crippen LogP contribution in [-0.2, 0) is 16.1 Å². The third-order valence-electron chi connectivity index (χ3n) is 4.20. The van der Waals surface area contributed by atoms with Gasteiger partial charge in [0, 0.05) is 12.1 Å². The summed E-state index contributed by atoms with van der Waals surface area (Å²) in [6, 6.07) is 9.63. The molecule has 0 aliphatic heterocycles. The fourth-order valence-electron chi connectivity index (χ4n) is 2.61. The summed E-state index contributed by atoms with van der Waals surface area (Å²) in [6.07, 6.45) is 0. The largest absolute Gasteiger partial charge is 0.493 e. The molecule has 0 atom stereocenters. The Morgan fingerprint density at radius 1 is 0.800 bits per heavy atom. The Morgan fingerprint density at radius 3 is 1.90 bits per heavy atom. The predicted octanol–water partition coefficient (Wildman–Crippen LogP) is 1.55. The smallest absolute Gasteiger partial charge is 0.337 e. The fourth-order valence-corrected chi connectivity index (χ4v) is 2.61. The maximum Gasteiger partial charge on any atom is 0.337 e. The molecule has 30 heavy (non-hydrogen) atoms. The minimum atomic E-state index is -0.466. The van der Waals surface area contributed by atoms with Gasteiger partial charge in [-0.3, -0.25) is 9.59 Å². The van der Waals surface area contributed by atoms with Crippen LogP contribution in [0.5, 0.6) is 17.2 Å². The van der Waals surface area contributed by atoms with E-state index in [1.807, 2.05) is 0 Å². The number of methoxy groups -OCH3 is 4. The van der Waals surface area contributed by atoms with Crippen molar-refractivity contribution in [1.82, 2.24) is 10.6 Å². The molecule has 0 aliphatic rings. The van der Waals surface area contributed by atoms with Crippen molar-refractivity contribution >= 4 is 17.8 Å². The second-order valence-corrected chi connectivity index (χ2v) is 6.06. The van der Waals surface area contributed by atoms with Crippen LogP contribution < -0.4 is 24.8 Å². The Kier molecular flexibility index (Phi) is 8.04. The van der Waals surface area contributed by atoms with E-state index in [1.165, 1.54) is 40.6 Å². The van der Waals surface area contributed by atoms with Gasteiger partial charge in [0.1, 0.15) is 0 Å². The van der Waals surface area contributed by atoms with Crippen molar-refractivity contribution < 1.29 is 33.3 Å². The van der Waals surface area contributed by atoms with Crippen LogP contribution in [0, 0.1) is 0 Å². The number of benzene rings is 2. The van der Waals surface area contributed by atoms with Gasteiger partial charge < -0.3 is 29.6 Å². The van der Waals surface area contributed by atoms with Gasteiger partial charge in [-0.1, -0.05) is 12.1 Å². The van der Waals surface area contributed by atoms with Crippen LogP contribution in [-0.4, -0.2) is 52.8 Å². The van der Waals surface area contributed by atoms with Crippen LogP contribution in [0.4, 0.5) is 0 Å². The molecule has 2 N–H and O–H groups in total. The zero-order valence-electron chi connectivity index (χ0n) is 17.2.